The molecular formula is C13H20N2O. The van der Waals surface area contributed by atoms with Crippen LogP contribution in [0.5, 0.6) is 0 Å². The lowest BCUT2D eigenvalue weighted by Crippen LogP contribution is -2.19. The number of aromatic nitrogens is 1. The van der Waals surface area contributed by atoms with E-state index in [2.05, 4.69) is 4.98 Å². The van der Waals surface area contributed by atoms with Gasteiger partial charge < -0.3 is 10.2 Å². The highest BCUT2D eigenvalue weighted by molar-refractivity contribution is 5.16. The molecule has 1 aromatic rings. The Hall–Kier alpha value is -0.830. The van der Waals surface area contributed by atoms with Crippen molar-refractivity contribution in [3.8, 4) is 0 Å². The average Bonchev–Trinajstić information content (AvgIpc) is 2.94. The molecule has 3 heteroatoms. The quantitative estimate of drug-likeness (QED) is 0.779. The summed E-state index contributed by atoms with van der Waals surface area (Å²) in [5.41, 5.74) is 7.01. The number of hydrogen-bond donors (Lipinski definition) is 1. The first kappa shape index (κ1) is 10.3. The zero-order valence-electron chi connectivity index (χ0n) is 9.74. The maximum absolute atomic E-state index is 6.09. The third-order valence-corrected chi connectivity index (χ3v) is 4.01. The molecule has 2 N–H and O–H groups in total. The van der Waals surface area contributed by atoms with Gasteiger partial charge in [0.05, 0.1) is 11.2 Å². The van der Waals surface area contributed by atoms with Crippen molar-refractivity contribution in [2.45, 2.75) is 62.8 Å². The lowest BCUT2D eigenvalue weighted by atomic mass is 9.97. The Balaban J connectivity index is 1.75. The van der Waals surface area contributed by atoms with Crippen LogP contribution in [-0.2, 0) is 5.54 Å². The van der Waals surface area contributed by atoms with Crippen LogP contribution in [0.4, 0.5) is 0 Å². The SMILES string of the molecule is NC1(c2nc(C3CCCCCC3)co2)CC1. The second-order valence-electron chi connectivity index (χ2n) is 5.42. The number of nitrogens with zero attached hydrogens (tertiary/aromatic N) is 1. The Morgan fingerprint density at radius 3 is 2.50 bits per heavy atom. The lowest BCUT2D eigenvalue weighted by molar-refractivity contribution is 0.440. The third kappa shape index (κ3) is 1.88. The minimum absolute atomic E-state index is 0.219. The van der Waals surface area contributed by atoms with E-state index >= 15 is 0 Å². The zero-order valence-corrected chi connectivity index (χ0v) is 9.74. The van der Waals surface area contributed by atoms with Crippen LogP contribution in [-0.4, -0.2) is 4.98 Å². The summed E-state index contributed by atoms with van der Waals surface area (Å²) in [5.74, 6) is 1.38. The van der Waals surface area contributed by atoms with Crippen LogP contribution in [0.2, 0.25) is 0 Å². The first-order valence-electron chi connectivity index (χ1n) is 6.53. The van der Waals surface area contributed by atoms with Crippen molar-refractivity contribution >= 4 is 0 Å². The van der Waals surface area contributed by atoms with Gasteiger partial charge in [0.15, 0.2) is 0 Å². The summed E-state index contributed by atoms with van der Waals surface area (Å²) in [6, 6.07) is 0. The molecule has 1 heterocycles. The molecule has 88 valence electrons. The molecular weight excluding hydrogens is 200 g/mol. The normalized spacial score (nSPS) is 25.3. The molecule has 3 nitrogen and oxygen atoms in total. The predicted molar refractivity (Wildman–Crippen MR) is 62.0 cm³/mol. The van der Waals surface area contributed by atoms with Crippen molar-refractivity contribution in [3.63, 3.8) is 0 Å². The Bertz CT molecular complexity index is 360. The van der Waals surface area contributed by atoms with Crippen molar-refractivity contribution in [2.75, 3.05) is 0 Å². The van der Waals surface area contributed by atoms with E-state index < -0.39 is 0 Å². The average molecular weight is 220 g/mol. The van der Waals surface area contributed by atoms with E-state index in [0.29, 0.717) is 5.92 Å². The fourth-order valence-corrected chi connectivity index (χ4v) is 2.63. The topological polar surface area (TPSA) is 52.0 Å². The molecule has 0 unspecified atom stereocenters. The second kappa shape index (κ2) is 3.88. The van der Waals surface area contributed by atoms with E-state index in [-0.39, 0.29) is 5.54 Å². The van der Waals surface area contributed by atoms with Gasteiger partial charge in [0.2, 0.25) is 5.89 Å². The molecule has 0 aliphatic heterocycles. The first-order chi connectivity index (χ1) is 7.78. The van der Waals surface area contributed by atoms with Gasteiger partial charge in [-0.2, -0.15) is 0 Å². The number of nitrogens with two attached hydrogens (primary N) is 1. The molecule has 0 saturated heterocycles. The molecule has 0 radical (unpaired) electrons. The van der Waals surface area contributed by atoms with E-state index in [1.165, 1.54) is 38.5 Å². The lowest BCUT2D eigenvalue weighted by Gasteiger charge is -2.09. The second-order valence-corrected chi connectivity index (χ2v) is 5.42. The van der Waals surface area contributed by atoms with Gasteiger partial charge in [0.25, 0.3) is 0 Å². The summed E-state index contributed by atoms with van der Waals surface area (Å²) in [4.78, 5) is 4.62. The van der Waals surface area contributed by atoms with E-state index in [4.69, 9.17) is 10.2 Å². The molecule has 3 rings (SSSR count). The summed E-state index contributed by atoms with van der Waals surface area (Å²) in [5, 5.41) is 0. The number of oxazole rings is 1. The standard InChI is InChI=1S/C13H20N2O/c14-13(7-8-13)12-15-11(9-16-12)10-5-3-1-2-4-6-10/h9-10H,1-8,14H2. The molecule has 1 aromatic heterocycles. The van der Waals surface area contributed by atoms with Crippen LogP contribution < -0.4 is 5.73 Å². The summed E-state index contributed by atoms with van der Waals surface area (Å²) < 4.78 is 5.55. The van der Waals surface area contributed by atoms with Crippen LogP contribution in [0.25, 0.3) is 0 Å². The molecule has 0 spiro atoms. The van der Waals surface area contributed by atoms with Crippen LogP contribution in [0.15, 0.2) is 10.7 Å². The maximum Gasteiger partial charge on any atom is 0.214 e. The van der Waals surface area contributed by atoms with E-state index in [0.717, 1.165) is 24.4 Å². The summed E-state index contributed by atoms with van der Waals surface area (Å²) >= 11 is 0. The molecule has 0 atom stereocenters. The van der Waals surface area contributed by atoms with Crippen molar-refractivity contribution < 1.29 is 4.42 Å². The number of rotatable bonds is 2. The molecule has 0 bridgehead atoms. The van der Waals surface area contributed by atoms with E-state index in [9.17, 15) is 0 Å². The van der Waals surface area contributed by atoms with Crippen molar-refractivity contribution in [2.24, 2.45) is 5.73 Å². The van der Waals surface area contributed by atoms with Gasteiger partial charge in [-0.1, -0.05) is 25.7 Å². The van der Waals surface area contributed by atoms with Crippen LogP contribution >= 0.6 is 0 Å². The largest absolute Gasteiger partial charge is 0.447 e. The molecule has 16 heavy (non-hydrogen) atoms. The van der Waals surface area contributed by atoms with Crippen LogP contribution in [0.3, 0.4) is 0 Å². The Morgan fingerprint density at radius 2 is 1.88 bits per heavy atom. The first-order valence-corrected chi connectivity index (χ1v) is 6.53. The van der Waals surface area contributed by atoms with Gasteiger partial charge in [0, 0.05) is 5.92 Å². The summed E-state index contributed by atoms with van der Waals surface area (Å²) in [6.07, 6.45) is 11.9. The highest BCUT2D eigenvalue weighted by Gasteiger charge is 2.45. The fourth-order valence-electron chi connectivity index (χ4n) is 2.63. The van der Waals surface area contributed by atoms with Gasteiger partial charge in [-0.25, -0.2) is 4.98 Å². The molecule has 2 aliphatic carbocycles. The summed E-state index contributed by atoms with van der Waals surface area (Å²) in [6.45, 7) is 0. The smallest absolute Gasteiger partial charge is 0.214 e. The van der Waals surface area contributed by atoms with Gasteiger partial charge in [-0.3, -0.25) is 0 Å². The third-order valence-electron chi connectivity index (χ3n) is 4.01. The molecule has 0 amide bonds. The van der Waals surface area contributed by atoms with Crippen LogP contribution in [0.1, 0.15) is 68.9 Å². The minimum atomic E-state index is -0.219. The predicted octanol–water partition coefficient (Wildman–Crippen LogP) is 3.06. The van der Waals surface area contributed by atoms with E-state index in [1.54, 1.807) is 0 Å². The molecule has 2 fully saturated rings. The summed E-state index contributed by atoms with van der Waals surface area (Å²) in [7, 11) is 0. The van der Waals surface area contributed by atoms with Crippen LogP contribution in [0, 0.1) is 0 Å². The van der Waals surface area contributed by atoms with E-state index in [1.807, 2.05) is 6.26 Å². The Kier molecular flexibility index (Phi) is 2.51. The highest BCUT2D eigenvalue weighted by atomic mass is 16.3. The Labute approximate surface area is 96.4 Å². The monoisotopic (exact) mass is 220 g/mol. The van der Waals surface area contributed by atoms with Gasteiger partial charge in [-0.15, -0.1) is 0 Å². The highest BCUT2D eigenvalue weighted by Crippen LogP contribution is 2.43. The van der Waals surface area contributed by atoms with Crippen molar-refractivity contribution in [3.05, 3.63) is 17.8 Å². The van der Waals surface area contributed by atoms with Crippen molar-refractivity contribution in [1.82, 2.24) is 4.98 Å². The molecule has 2 saturated carbocycles. The molecule has 0 aromatic carbocycles. The van der Waals surface area contributed by atoms with Gasteiger partial charge in [0.1, 0.15) is 6.26 Å². The number of hydrogen-bond acceptors (Lipinski definition) is 3. The van der Waals surface area contributed by atoms with Gasteiger partial charge in [-0.05, 0) is 25.7 Å². The Morgan fingerprint density at radius 1 is 1.19 bits per heavy atom. The van der Waals surface area contributed by atoms with Gasteiger partial charge >= 0.3 is 0 Å². The minimum Gasteiger partial charge on any atom is -0.447 e. The maximum atomic E-state index is 6.09. The molecule has 2 aliphatic rings. The fraction of sp³-hybridized carbons (Fsp3) is 0.769. The van der Waals surface area contributed by atoms with Crippen molar-refractivity contribution in [1.29, 1.82) is 0 Å². The zero-order chi connectivity index (χ0) is 11.0.